The van der Waals surface area contributed by atoms with Gasteiger partial charge in [0.2, 0.25) is 5.28 Å². The van der Waals surface area contributed by atoms with Gasteiger partial charge in [0.25, 0.3) is 0 Å². The number of benzene rings is 1. The van der Waals surface area contributed by atoms with Crippen LogP contribution in [0.15, 0.2) is 24.3 Å². The molecule has 10 heteroatoms. The summed E-state index contributed by atoms with van der Waals surface area (Å²) in [6.07, 6.45) is -3.89. The predicted molar refractivity (Wildman–Crippen MR) is 76.3 cm³/mol. The molecular formula is C12H7Cl2F3N4O. The van der Waals surface area contributed by atoms with E-state index in [4.69, 9.17) is 28.6 Å². The van der Waals surface area contributed by atoms with E-state index in [2.05, 4.69) is 20.0 Å². The molecule has 2 N–H and O–H groups in total. The van der Waals surface area contributed by atoms with E-state index >= 15 is 0 Å². The lowest BCUT2D eigenvalue weighted by atomic mass is 10.2. The number of anilines is 2. The fraction of sp³-hybridized carbons (Fsp3) is 0.0833. The van der Waals surface area contributed by atoms with Crippen LogP contribution in [0, 0.1) is 5.41 Å². The van der Waals surface area contributed by atoms with Crippen LogP contribution in [0.3, 0.4) is 0 Å². The minimum Gasteiger partial charge on any atom is -0.406 e. The monoisotopic (exact) mass is 350 g/mol. The van der Waals surface area contributed by atoms with Crippen molar-refractivity contribution in [3.63, 3.8) is 0 Å². The Morgan fingerprint density at radius 3 is 2.59 bits per heavy atom. The molecule has 2 rings (SSSR count). The molecule has 1 aromatic carbocycles. The van der Waals surface area contributed by atoms with Crippen molar-refractivity contribution in [2.75, 3.05) is 5.32 Å². The van der Waals surface area contributed by atoms with Crippen molar-refractivity contribution < 1.29 is 17.9 Å². The molecule has 0 unspecified atom stereocenters. The summed E-state index contributed by atoms with van der Waals surface area (Å²) in [4.78, 5) is 7.52. The molecule has 0 aliphatic heterocycles. The number of alkyl halides is 3. The summed E-state index contributed by atoms with van der Waals surface area (Å²) < 4.78 is 40.4. The van der Waals surface area contributed by atoms with Crippen molar-refractivity contribution >= 4 is 40.9 Å². The maximum absolute atomic E-state index is 12.2. The molecule has 0 aliphatic carbocycles. The Labute approximate surface area is 132 Å². The van der Waals surface area contributed by atoms with E-state index in [1.807, 2.05) is 0 Å². The van der Waals surface area contributed by atoms with E-state index in [0.717, 1.165) is 18.3 Å². The molecule has 0 saturated heterocycles. The molecule has 22 heavy (non-hydrogen) atoms. The largest absolute Gasteiger partial charge is 0.573 e. The van der Waals surface area contributed by atoms with Crippen molar-refractivity contribution in [2.24, 2.45) is 0 Å². The van der Waals surface area contributed by atoms with Gasteiger partial charge < -0.3 is 15.5 Å². The zero-order valence-corrected chi connectivity index (χ0v) is 12.1. The number of hydrogen-bond acceptors (Lipinski definition) is 5. The molecule has 0 saturated carbocycles. The van der Waals surface area contributed by atoms with Crippen LogP contribution in [0.2, 0.25) is 10.4 Å². The lowest BCUT2D eigenvalue weighted by molar-refractivity contribution is -0.274. The molecule has 0 radical (unpaired) electrons. The first kappa shape index (κ1) is 16.3. The van der Waals surface area contributed by atoms with Gasteiger partial charge in [-0.1, -0.05) is 17.7 Å². The SMILES string of the molecule is N=Cc1c(Cl)nc(Cl)nc1Nc1cccc(OC(F)(F)F)c1. The van der Waals surface area contributed by atoms with Crippen LogP contribution in [0.4, 0.5) is 24.7 Å². The van der Waals surface area contributed by atoms with Crippen LogP contribution in [0.1, 0.15) is 5.56 Å². The number of nitrogens with zero attached hydrogens (tertiary/aromatic N) is 2. The molecular weight excluding hydrogens is 344 g/mol. The van der Waals surface area contributed by atoms with Crippen LogP contribution < -0.4 is 10.1 Å². The Hall–Kier alpha value is -2.06. The zero-order valence-electron chi connectivity index (χ0n) is 10.6. The topological polar surface area (TPSA) is 70.9 Å². The molecule has 5 nitrogen and oxygen atoms in total. The lowest BCUT2D eigenvalue weighted by Gasteiger charge is -2.12. The minimum atomic E-state index is -4.79. The number of aromatic nitrogens is 2. The molecule has 0 bridgehead atoms. The van der Waals surface area contributed by atoms with Crippen molar-refractivity contribution in [2.45, 2.75) is 6.36 Å². The Morgan fingerprint density at radius 2 is 1.95 bits per heavy atom. The third-order valence-electron chi connectivity index (χ3n) is 2.35. The summed E-state index contributed by atoms with van der Waals surface area (Å²) in [6.45, 7) is 0. The predicted octanol–water partition coefficient (Wildman–Crippen LogP) is 4.42. The van der Waals surface area contributed by atoms with Crippen molar-refractivity contribution in [3.05, 3.63) is 40.3 Å². The van der Waals surface area contributed by atoms with Gasteiger partial charge >= 0.3 is 6.36 Å². The highest BCUT2D eigenvalue weighted by Crippen LogP contribution is 2.28. The number of halogens is 5. The van der Waals surface area contributed by atoms with E-state index in [1.54, 1.807) is 0 Å². The summed E-state index contributed by atoms with van der Waals surface area (Å²) >= 11 is 11.5. The average Bonchev–Trinajstić information content (AvgIpc) is 2.36. The van der Waals surface area contributed by atoms with Crippen molar-refractivity contribution in [1.82, 2.24) is 9.97 Å². The fourth-order valence-corrected chi connectivity index (χ4v) is 1.98. The van der Waals surface area contributed by atoms with E-state index in [1.165, 1.54) is 12.1 Å². The molecule has 2 aromatic rings. The fourth-order valence-electron chi connectivity index (χ4n) is 1.55. The van der Waals surface area contributed by atoms with Crippen LogP contribution in [-0.4, -0.2) is 22.5 Å². The number of ether oxygens (including phenoxy) is 1. The van der Waals surface area contributed by atoms with E-state index in [0.29, 0.717) is 0 Å². The molecule has 116 valence electrons. The first-order valence-corrected chi connectivity index (χ1v) is 6.40. The number of rotatable bonds is 4. The molecule has 1 heterocycles. The second-order valence-corrected chi connectivity index (χ2v) is 4.59. The first-order chi connectivity index (χ1) is 10.3. The van der Waals surface area contributed by atoms with Gasteiger partial charge in [-0.2, -0.15) is 4.98 Å². The molecule has 0 fully saturated rings. The maximum atomic E-state index is 12.2. The van der Waals surface area contributed by atoms with Gasteiger partial charge in [0.05, 0.1) is 5.56 Å². The summed E-state index contributed by atoms with van der Waals surface area (Å²) in [5.41, 5.74) is 0.392. The van der Waals surface area contributed by atoms with Gasteiger partial charge in [-0.05, 0) is 23.7 Å². The quantitative estimate of drug-likeness (QED) is 0.486. The maximum Gasteiger partial charge on any atom is 0.573 e. The Balaban J connectivity index is 2.32. The smallest absolute Gasteiger partial charge is 0.406 e. The normalized spacial score (nSPS) is 11.1. The average molecular weight is 351 g/mol. The van der Waals surface area contributed by atoms with E-state index in [-0.39, 0.29) is 27.5 Å². The number of hydrogen-bond donors (Lipinski definition) is 2. The van der Waals surface area contributed by atoms with Gasteiger partial charge in [-0.25, -0.2) is 4.98 Å². The second-order valence-electron chi connectivity index (χ2n) is 3.89. The zero-order chi connectivity index (χ0) is 16.3. The standard InChI is InChI=1S/C12H7Cl2F3N4O/c13-9-8(5-18)10(21-11(14)20-9)19-6-2-1-3-7(4-6)22-12(15,16)17/h1-5,18H,(H,19,20,21). The third kappa shape index (κ3) is 4.22. The lowest BCUT2D eigenvalue weighted by Crippen LogP contribution is -2.17. The molecule has 1 aromatic heterocycles. The van der Waals surface area contributed by atoms with Crippen molar-refractivity contribution in [3.8, 4) is 5.75 Å². The van der Waals surface area contributed by atoms with Gasteiger partial charge in [-0.3, -0.25) is 0 Å². The molecule has 0 aliphatic rings. The summed E-state index contributed by atoms with van der Waals surface area (Å²) in [7, 11) is 0. The van der Waals surface area contributed by atoms with Crippen LogP contribution in [0.25, 0.3) is 0 Å². The highest BCUT2D eigenvalue weighted by Gasteiger charge is 2.31. The third-order valence-corrected chi connectivity index (χ3v) is 2.80. The summed E-state index contributed by atoms with van der Waals surface area (Å²) in [6, 6.07) is 5.11. The van der Waals surface area contributed by atoms with Gasteiger partial charge in [0.15, 0.2) is 0 Å². The molecule has 0 spiro atoms. The first-order valence-electron chi connectivity index (χ1n) is 5.65. The van der Waals surface area contributed by atoms with Crippen LogP contribution in [-0.2, 0) is 0 Å². The number of nitrogens with one attached hydrogen (secondary N) is 2. The second kappa shape index (κ2) is 6.37. The van der Waals surface area contributed by atoms with Crippen LogP contribution >= 0.6 is 23.2 Å². The van der Waals surface area contributed by atoms with Crippen LogP contribution in [0.5, 0.6) is 5.75 Å². The van der Waals surface area contributed by atoms with E-state index in [9.17, 15) is 13.2 Å². The Morgan fingerprint density at radius 1 is 1.23 bits per heavy atom. The Kier molecular flexibility index (Phi) is 4.72. The van der Waals surface area contributed by atoms with Crippen molar-refractivity contribution in [1.29, 1.82) is 5.41 Å². The van der Waals surface area contributed by atoms with E-state index < -0.39 is 12.1 Å². The van der Waals surface area contributed by atoms with Gasteiger partial charge in [0.1, 0.15) is 16.7 Å². The summed E-state index contributed by atoms with van der Waals surface area (Å²) in [5.74, 6) is -0.315. The van der Waals surface area contributed by atoms with Gasteiger partial charge in [0, 0.05) is 18.0 Å². The highest BCUT2D eigenvalue weighted by atomic mass is 35.5. The summed E-state index contributed by atoms with van der Waals surface area (Å²) in [5, 5.41) is 9.77. The highest BCUT2D eigenvalue weighted by molar-refractivity contribution is 6.34. The Bertz CT molecular complexity index is 709. The van der Waals surface area contributed by atoms with Gasteiger partial charge in [-0.15, -0.1) is 13.2 Å². The molecule has 0 amide bonds. The minimum absolute atomic E-state index is 0.0554. The molecule has 0 atom stereocenters.